The van der Waals surface area contributed by atoms with Gasteiger partial charge in [0.15, 0.2) is 0 Å². The van der Waals surface area contributed by atoms with Crippen molar-refractivity contribution in [3.63, 3.8) is 0 Å². The number of nitrogens with one attached hydrogen (secondary N) is 2. The van der Waals surface area contributed by atoms with Gasteiger partial charge >= 0.3 is 0 Å². The van der Waals surface area contributed by atoms with Crippen molar-refractivity contribution >= 4 is 34.5 Å². The number of hydrogen-bond donors (Lipinski definition) is 2. The van der Waals surface area contributed by atoms with Crippen LogP contribution >= 0.6 is 11.3 Å². The Morgan fingerprint density at radius 2 is 2.03 bits per heavy atom. The number of aryl methyl sites for hydroxylation is 2. The number of morpholine rings is 1. The van der Waals surface area contributed by atoms with Gasteiger partial charge in [-0.2, -0.15) is 0 Å². The first-order chi connectivity index (χ1) is 14.0. The third-order valence-corrected chi connectivity index (χ3v) is 5.91. The Hall–Kier alpha value is -2.36. The lowest BCUT2D eigenvalue weighted by Gasteiger charge is -2.26. The number of carbonyl (C=O) groups is 2. The number of carbonyl (C=O) groups excluding carboxylic acids is 2. The van der Waals surface area contributed by atoms with Crippen LogP contribution in [0.25, 0.3) is 0 Å². The number of benzene rings is 1. The molecule has 0 radical (unpaired) electrons. The van der Waals surface area contributed by atoms with Crippen LogP contribution in [0.1, 0.15) is 33.7 Å². The highest BCUT2D eigenvalue weighted by molar-refractivity contribution is 7.13. The minimum Gasteiger partial charge on any atom is -0.379 e. The van der Waals surface area contributed by atoms with Gasteiger partial charge in [0.1, 0.15) is 10.7 Å². The fourth-order valence-corrected chi connectivity index (χ4v) is 3.90. The van der Waals surface area contributed by atoms with Crippen LogP contribution in [-0.2, 0) is 16.0 Å². The van der Waals surface area contributed by atoms with E-state index >= 15 is 0 Å². The quantitative estimate of drug-likeness (QED) is 0.719. The van der Waals surface area contributed by atoms with E-state index in [9.17, 15) is 14.0 Å². The van der Waals surface area contributed by atoms with Crippen molar-refractivity contribution in [3.8, 4) is 0 Å². The Bertz CT molecular complexity index is 881. The first-order valence-corrected chi connectivity index (χ1v) is 10.4. The van der Waals surface area contributed by atoms with Crippen molar-refractivity contribution in [1.29, 1.82) is 0 Å². The summed E-state index contributed by atoms with van der Waals surface area (Å²) in [5.74, 6) is -1.12. The molecular weight excluding hydrogens is 395 g/mol. The fourth-order valence-electron chi connectivity index (χ4n) is 3.00. The molecule has 2 aromatic rings. The number of halogens is 1. The Morgan fingerprint density at radius 1 is 1.28 bits per heavy atom. The largest absolute Gasteiger partial charge is 0.379 e. The molecule has 1 aromatic carbocycles. The standard InChI is InChI=1S/C20H25FN4O3S/c1-3-18-22-13(2)19(29-18)20(27)23-14-4-5-15(21)16(12-14)24-17(26)6-7-25-8-10-28-11-9-25/h4-5,12H,3,6-11H2,1-2H3,(H,23,27)(H,24,26). The van der Waals surface area contributed by atoms with E-state index in [1.165, 1.54) is 29.5 Å². The summed E-state index contributed by atoms with van der Waals surface area (Å²) in [6, 6.07) is 4.12. The second kappa shape index (κ2) is 9.91. The molecule has 0 unspecified atom stereocenters. The lowest BCUT2D eigenvalue weighted by Crippen LogP contribution is -2.38. The van der Waals surface area contributed by atoms with E-state index in [0.29, 0.717) is 36.0 Å². The van der Waals surface area contributed by atoms with Crippen LogP contribution in [0.5, 0.6) is 0 Å². The highest BCUT2D eigenvalue weighted by Gasteiger charge is 2.17. The summed E-state index contributed by atoms with van der Waals surface area (Å²) >= 11 is 1.34. The van der Waals surface area contributed by atoms with E-state index in [1.807, 2.05) is 6.92 Å². The molecule has 7 nitrogen and oxygen atoms in total. The summed E-state index contributed by atoms with van der Waals surface area (Å²) in [5.41, 5.74) is 1.12. The number of ether oxygens (including phenoxy) is 1. The average molecular weight is 421 g/mol. The van der Waals surface area contributed by atoms with E-state index in [1.54, 1.807) is 6.92 Å². The zero-order chi connectivity index (χ0) is 20.8. The third kappa shape index (κ3) is 5.81. The molecule has 3 rings (SSSR count). The van der Waals surface area contributed by atoms with Crippen molar-refractivity contribution < 1.29 is 18.7 Å². The monoisotopic (exact) mass is 420 g/mol. The van der Waals surface area contributed by atoms with E-state index in [4.69, 9.17) is 4.74 Å². The molecule has 1 aliphatic heterocycles. The van der Waals surface area contributed by atoms with Crippen molar-refractivity contribution in [2.75, 3.05) is 43.5 Å². The molecule has 29 heavy (non-hydrogen) atoms. The molecule has 1 aliphatic rings. The predicted molar refractivity (Wildman–Crippen MR) is 111 cm³/mol. The summed E-state index contributed by atoms with van der Waals surface area (Å²) in [6.07, 6.45) is 1.02. The van der Waals surface area contributed by atoms with Gasteiger partial charge in [-0.25, -0.2) is 9.37 Å². The van der Waals surface area contributed by atoms with Gasteiger partial charge in [0.05, 0.1) is 29.6 Å². The lowest BCUT2D eigenvalue weighted by atomic mass is 10.2. The second-order valence-electron chi connectivity index (χ2n) is 6.78. The van der Waals surface area contributed by atoms with Crippen LogP contribution in [0.3, 0.4) is 0 Å². The maximum Gasteiger partial charge on any atom is 0.267 e. The maximum absolute atomic E-state index is 14.1. The normalized spacial score (nSPS) is 14.6. The van der Waals surface area contributed by atoms with Crippen LogP contribution in [0.15, 0.2) is 18.2 Å². The summed E-state index contributed by atoms with van der Waals surface area (Å²) in [7, 11) is 0. The molecule has 1 aromatic heterocycles. The molecule has 1 fully saturated rings. The average Bonchev–Trinajstić information content (AvgIpc) is 3.11. The molecule has 9 heteroatoms. The second-order valence-corrected chi connectivity index (χ2v) is 7.86. The maximum atomic E-state index is 14.1. The van der Waals surface area contributed by atoms with Crippen LogP contribution in [0, 0.1) is 12.7 Å². The summed E-state index contributed by atoms with van der Waals surface area (Å²) in [5, 5.41) is 6.24. The Labute approximate surface area is 173 Å². The van der Waals surface area contributed by atoms with Crippen LogP contribution in [0.4, 0.5) is 15.8 Å². The van der Waals surface area contributed by atoms with Gasteiger partial charge < -0.3 is 15.4 Å². The van der Waals surface area contributed by atoms with Crippen LogP contribution < -0.4 is 10.6 Å². The topological polar surface area (TPSA) is 83.6 Å². The zero-order valence-corrected chi connectivity index (χ0v) is 17.4. The van der Waals surface area contributed by atoms with Gasteiger partial charge in [-0.15, -0.1) is 11.3 Å². The molecule has 0 aliphatic carbocycles. The highest BCUT2D eigenvalue weighted by Crippen LogP contribution is 2.23. The number of thiazole rings is 1. The summed E-state index contributed by atoms with van der Waals surface area (Å²) in [4.78, 5) is 31.8. The molecule has 2 heterocycles. The van der Waals surface area contributed by atoms with Crippen LogP contribution in [-0.4, -0.2) is 54.5 Å². The lowest BCUT2D eigenvalue weighted by molar-refractivity contribution is -0.116. The van der Waals surface area contributed by atoms with Gasteiger partial charge in [0.25, 0.3) is 5.91 Å². The van der Waals surface area contributed by atoms with E-state index in [-0.39, 0.29) is 23.9 Å². The third-order valence-electron chi connectivity index (χ3n) is 4.61. The number of rotatable bonds is 7. The minimum atomic E-state index is -0.551. The van der Waals surface area contributed by atoms with Crippen molar-refractivity contribution in [1.82, 2.24) is 9.88 Å². The molecular formula is C20H25FN4O3S. The molecule has 2 amide bonds. The molecule has 2 N–H and O–H groups in total. The van der Waals surface area contributed by atoms with E-state index < -0.39 is 5.82 Å². The van der Waals surface area contributed by atoms with Gasteiger partial charge in [-0.3, -0.25) is 14.5 Å². The SMILES string of the molecule is CCc1nc(C)c(C(=O)Nc2ccc(F)c(NC(=O)CCN3CCOCC3)c2)s1. The molecule has 0 bridgehead atoms. The zero-order valence-electron chi connectivity index (χ0n) is 16.6. The first kappa shape index (κ1) is 21.4. The van der Waals surface area contributed by atoms with E-state index in [2.05, 4.69) is 20.5 Å². The molecule has 156 valence electrons. The summed E-state index contributed by atoms with van der Waals surface area (Å²) in [6.45, 7) is 7.27. The van der Waals surface area contributed by atoms with Crippen molar-refractivity contribution in [2.45, 2.75) is 26.7 Å². The van der Waals surface area contributed by atoms with Crippen molar-refractivity contribution in [3.05, 3.63) is 39.6 Å². The molecule has 1 saturated heterocycles. The molecule has 0 spiro atoms. The number of amides is 2. The Balaban J connectivity index is 1.60. The van der Waals surface area contributed by atoms with Gasteiger partial charge in [-0.1, -0.05) is 6.92 Å². The number of hydrogen-bond acceptors (Lipinski definition) is 6. The number of nitrogens with zero attached hydrogens (tertiary/aromatic N) is 2. The Morgan fingerprint density at radius 3 is 2.72 bits per heavy atom. The number of anilines is 2. The van der Waals surface area contributed by atoms with Crippen molar-refractivity contribution in [2.24, 2.45) is 0 Å². The van der Waals surface area contributed by atoms with Gasteiger partial charge in [0, 0.05) is 31.7 Å². The van der Waals surface area contributed by atoms with Crippen LogP contribution in [0.2, 0.25) is 0 Å². The smallest absolute Gasteiger partial charge is 0.267 e. The molecule has 0 atom stereocenters. The predicted octanol–water partition coefficient (Wildman–Crippen LogP) is 3.07. The van der Waals surface area contributed by atoms with E-state index in [0.717, 1.165) is 24.5 Å². The fraction of sp³-hybridized carbons (Fsp3) is 0.450. The first-order valence-electron chi connectivity index (χ1n) is 9.63. The van der Waals surface area contributed by atoms with Gasteiger partial charge in [-0.05, 0) is 31.5 Å². The minimum absolute atomic E-state index is 0.0463. The summed E-state index contributed by atoms with van der Waals surface area (Å²) < 4.78 is 19.4. The highest BCUT2D eigenvalue weighted by atomic mass is 32.1. The Kier molecular flexibility index (Phi) is 7.29. The molecule has 0 saturated carbocycles. The number of aromatic nitrogens is 1. The van der Waals surface area contributed by atoms with Gasteiger partial charge in [0.2, 0.25) is 5.91 Å².